The first-order valence-corrected chi connectivity index (χ1v) is 11.8. The van der Waals surface area contributed by atoms with Gasteiger partial charge in [-0.2, -0.15) is 5.10 Å². The van der Waals surface area contributed by atoms with Crippen molar-refractivity contribution in [3.05, 3.63) is 81.9 Å². The van der Waals surface area contributed by atoms with Crippen LogP contribution in [0.4, 0.5) is 0 Å². The maximum Gasteiger partial charge on any atom is 0.266 e. The first-order chi connectivity index (χ1) is 16.3. The van der Waals surface area contributed by atoms with Gasteiger partial charge in [0.2, 0.25) is 0 Å². The topological polar surface area (TPSA) is 83.9 Å². The van der Waals surface area contributed by atoms with Crippen molar-refractivity contribution in [3.8, 4) is 11.3 Å². The van der Waals surface area contributed by atoms with Gasteiger partial charge in [-0.3, -0.25) is 9.59 Å². The van der Waals surface area contributed by atoms with Gasteiger partial charge in [0, 0.05) is 36.8 Å². The summed E-state index contributed by atoms with van der Waals surface area (Å²) in [7, 11) is 1.68. The molecule has 2 aromatic heterocycles. The molecule has 7 nitrogen and oxygen atoms in total. The summed E-state index contributed by atoms with van der Waals surface area (Å²) in [6.45, 7) is 5.34. The van der Waals surface area contributed by atoms with Gasteiger partial charge < -0.3 is 9.88 Å². The lowest BCUT2D eigenvalue weighted by molar-refractivity contribution is 0.0251. The molecule has 0 spiro atoms. The number of aromatic nitrogens is 4. The van der Waals surface area contributed by atoms with Gasteiger partial charge in [-0.15, -0.1) is 0 Å². The van der Waals surface area contributed by atoms with E-state index < -0.39 is 0 Å². The van der Waals surface area contributed by atoms with E-state index in [2.05, 4.69) is 52.0 Å². The number of H-pyrrole nitrogens is 1. The van der Waals surface area contributed by atoms with E-state index in [4.69, 9.17) is 0 Å². The molecule has 7 heteroatoms. The minimum atomic E-state index is -0.117. The fourth-order valence-corrected chi connectivity index (χ4v) is 5.92. The molecule has 2 bridgehead atoms. The second kappa shape index (κ2) is 7.38. The monoisotopic (exact) mass is 453 g/mol. The third-order valence-electron chi connectivity index (χ3n) is 8.19. The number of amides is 1. The lowest BCUT2D eigenvalue weighted by atomic mass is 9.58. The SMILES string of the molecule is C[C@@H]1C2Cc3ccc(-c4ccc(=O)n(C)n4)cc3[C@]1(C)CCN2C(=O)c1ccc2nc[nH]c2c1. The molecule has 3 heterocycles. The van der Waals surface area contributed by atoms with E-state index in [9.17, 15) is 9.59 Å². The number of carbonyl (C=O) groups is 1. The lowest BCUT2D eigenvalue weighted by Crippen LogP contribution is -2.59. The Kier molecular flexibility index (Phi) is 4.52. The van der Waals surface area contributed by atoms with E-state index >= 15 is 0 Å². The van der Waals surface area contributed by atoms with Crippen molar-refractivity contribution in [2.24, 2.45) is 13.0 Å². The third kappa shape index (κ3) is 3.03. The molecule has 0 saturated carbocycles. The Morgan fingerprint density at radius 1 is 1.15 bits per heavy atom. The molecule has 1 unspecified atom stereocenters. The normalized spacial score (nSPS) is 23.7. The van der Waals surface area contributed by atoms with Gasteiger partial charge in [0.25, 0.3) is 11.5 Å². The minimum Gasteiger partial charge on any atom is -0.345 e. The van der Waals surface area contributed by atoms with Crippen molar-refractivity contribution >= 4 is 16.9 Å². The highest BCUT2D eigenvalue weighted by Gasteiger charge is 2.49. The van der Waals surface area contributed by atoms with E-state index in [1.165, 1.54) is 15.8 Å². The molecule has 4 aromatic rings. The molecule has 1 amide bonds. The molecule has 172 valence electrons. The van der Waals surface area contributed by atoms with Crippen molar-refractivity contribution in [1.29, 1.82) is 0 Å². The van der Waals surface area contributed by atoms with Crippen LogP contribution < -0.4 is 5.56 Å². The molecule has 1 fully saturated rings. The van der Waals surface area contributed by atoms with E-state index in [1.54, 1.807) is 25.5 Å². The maximum absolute atomic E-state index is 13.6. The van der Waals surface area contributed by atoms with Crippen LogP contribution in [0, 0.1) is 5.92 Å². The second-order valence-electron chi connectivity index (χ2n) is 9.91. The minimum absolute atomic E-state index is 0.0287. The number of nitrogens with zero attached hydrogens (tertiary/aromatic N) is 4. The zero-order valence-electron chi connectivity index (χ0n) is 19.6. The first kappa shape index (κ1) is 20.8. The van der Waals surface area contributed by atoms with Crippen LogP contribution in [0.25, 0.3) is 22.3 Å². The van der Waals surface area contributed by atoms with E-state index in [1.807, 2.05) is 18.2 Å². The van der Waals surface area contributed by atoms with Crippen molar-refractivity contribution in [3.63, 3.8) is 0 Å². The summed E-state index contributed by atoms with van der Waals surface area (Å²) in [6, 6.07) is 15.7. The standard InChI is InChI=1S/C27H27N5O2/c1-16-24-14-17-4-5-18(21-8-9-25(33)31(3)30-21)12-20(17)27(16,2)10-11-32(24)26(34)19-6-7-22-23(13-19)29-15-28-22/h4-9,12-13,15-16,24H,10-11,14H2,1-3H3,(H,28,29)/t16-,24?,27-/m1/s1. The number of nitrogens with one attached hydrogen (secondary N) is 1. The highest BCUT2D eigenvalue weighted by Crippen LogP contribution is 2.49. The number of hydrogen-bond donors (Lipinski definition) is 1. The van der Waals surface area contributed by atoms with Crippen LogP contribution in [0.15, 0.2) is 59.7 Å². The van der Waals surface area contributed by atoms with Gasteiger partial charge in [0.15, 0.2) is 0 Å². The van der Waals surface area contributed by atoms with Gasteiger partial charge in [0.1, 0.15) is 0 Å². The van der Waals surface area contributed by atoms with E-state index in [-0.39, 0.29) is 22.9 Å². The Morgan fingerprint density at radius 2 is 2.00 bits per heavy atom. The Labute approximate surface area is 197 Å². The second-order valence-corrected chi connectivity index (χ2v) is 9.91. The van der Waals surface area contributed by atoms with Gasteiger partial charge in [-0.1, -0.05) is 26.0 Å². The number of fused-ring (bicyclic) bond motifs is 5. The average molecular weight is 454 g/mol. The quantitative estimate of drug-likeness (QED) is 0.502. The zero-order valence-corrected chi connectivity index (χ0v) is 19.6. The molecule has 2 aliphatic rings. The van der Waals surface area contributed by atoms with Crippen LogP contribution in [0.5, 0.6) is 0 Å². The fraction of sp³-hybridized carbons (Fsp3) is 0.333. The van der Waals surface area contributed by atoms with Crippen LogP contribution in [0.1, 0.15) is 41.8 Å². The number of benzene rings is 2. The van der Waals surface area contributed by atoms with Gasteiger partial charge in [-0.05, 0) is 65.6 Å². The summed E-state index contributed by atoms with van der Waals surface area (Å²) >= 11 is 0. The summed E-state index contributed by atoms with van der Waals surface area (Å²) in [5.41, 5.74) is 6.76. The van der Waals surface area contributed by atoms with Crippen molar-refractivity contribution in [2.75, 3.05) is 6.54 Å². The molecule has 34 heavy (non-hydrogen) atoms. The number of imidazole rings is 1. The summed E-state index contributed by atoms with van der Waals surface area (Å²) in [6.07, 6.45) is 3.40. The van der Waals surface area contributed by atoms with Crippen molar-refractivity contribution in [2.45, 2.75) is 38.1 Å². The smallest absolute Gasteiger partial charge is 0.266 e. The molecule has 1 aliphatic carbocycles. The highest BCUT2D eigenvalue weighted by molar-refractivity contribution is 5.97. The predicted octanol–water partition coefficient (Wildman–Crippen LogP) is 3.69. The molecule has 1 aliphatic heterocycles. The Bertz CT molecular complexity index is 1500. The van der Waals surface area contributed by atoms with Crippen molar-refractivity contribution < 1.29 is 4.79 Å². The largest absolute Gasteiger partial charge is 0.345 e. The number of carbonyl (C=O) groups excluding carboxylic acids is 1. The molecular formula is C27H27N5O2. The van der Waals surface area contributed by atoms with Crippen LogP contribution in [-0.4, -0.2) is 43.1 Å². The molecule has 6 rings (SSSR count). The van der Waals surface area contributed by atoms with E-state index in [0.717, 1.165) is 41.7 Å². The summed E-state index contributed by atoms with van der Waals surface area (Å²) < 4.78 is 1.37. The lowest BCUT2D eigenvalue weighted by Gasteiger charge is -2.54. The number of piperidine rings is 1. The number of aryl methyl sites for hydroxylation is 1. The highest BCUT2D eigenvalue weighted by atomic mass is 16.2. The molecule has 3 atom stereocenters. The first-order valence-electron chi connectivity index (χ1n) is 11.8. The molecule has 1 saturated heterocycles. The zero-order chi connectivity index (χ0) is 23.6. The van der Waals surface area contributed by atoms with Crippen LogP contribution in [0.3, 0.4) is 0 Å². The van der Waals surface area contributed by atoms with Gasteiger partial charge >= 0.3 is 0 Å². The third-order valence-corrected chi connectivity index (χ3v) is 8.19. The maximum atomic E-state index is 13.6. The van der Waals surface area contributed by atoms with Crippen LogP contribution >= 0.6 is 0 Å². The van der Waals surface area contributed by atoms with E-state index in [0.29, 0.717) is 11.5 Å². The van der Waals surface area contributed by atoms with Gasteiger partial charge in [-0.25, -0.2) is 9.67 Å². The molecule has 1 N–H and O–H groups in total. The van der Waals surface area contributed by atoms with Crippen molar-refractivity contribution in [1.82, 2.24) is 24.6 Å². The average Bonchev–Trinajstić information content (AvgIpc) is 3.31. The predicted molar refractivity (Wildman–Crippen MR) is 131 cm³/mol. The number of likely N-dealkylation sites (tertiary alicyclic amines) is 1. The van der Waals surface area contributed by atoms with Gasteiger partial charge in [0.05, 0.1) is 23.1 Å². The molecular weight excluding hydrogens is 426 g/mol. The summed E-state index contributed by atoms with van der Waals surface area (Å²) in [5.74, 6) is 0.404. The number of hydrogen-bond acceptors (Lipinski definition) is 4. The van der Waals surface area contributed by atoms with Crippen LogP contribution in [0.2, 0.25) is 0 Å². The van der Waals surface area contributed by atoms with Crippen LogP contribution in [-0.2, 0) is 18.9 Å². The Morgan fingerprint density at radius 3 is 2.82 bits per heavy atom. The Hall–Kier alpha value is -3.74. The Balaban J connectivity index is 1.35. The summed E-state index contributed by atoms with van der Waals surface area (Å²) in [4.78, 5) is 34.8. The number of aromatic amines is 1. The fourth-order valence-electron chi connectivity index (χ4n) is 5.92. The molecule has 2 aromatic carbocycles. The molecule has 0 radical (unpaired) electrons. The number of rotatable bonds is 2. The summed E-state index contributed by atoms with van der Waals surface area (Å²) in [5, 5.41) is 4.44.